The van der Waals surface area contributed by atoms with Crippen LogP contribution in [0.5, 0.6) is 0 Å². The zero-order valence-corrected chi connectivity index (χ0v) is 16.7. The van der Waals surface area contributed by atoms with Crippen LogP contribution in [0, 0.1) is 5.82 Å². The number of rotatable bonds is 8. The van der Waals surface area contributed by atoms with E-state index in [-0.39, 0.29) is 17.9 Å². The number of nitrogens with one attached hydrogen (secondary N) is 2. The summed E-state index contributed by atoms with van der Waals surface area (Å²) in [6.07, 6.45) is 1.57. The highest BCUT2D eigenvalue weighted by Gasteiger charge is 2.27. The van der Waals surface area contributed by atoms with Crippen LogP contribution in [0.1, 0.15) is 33.3 Å². The summed E-state index contributed by atoms with van der Waals surface area (Å²) in [5.41, 5.74) is 4.77. The highest BCUT2D eigenvalue weighted by Crippen LogP contribution is 2.19. The van der Waals surface area contributed by atoms with Gasteiger partial charge in [0, 0.05) is 17.8 Å². The summed E-state index contributed by atoms with van der Waals surface area (Å²) in [5, 5.41) is 4.08. The summed E-state index contributed by atoms with van der Waals surface area (Å²) in [6.45, 7) is 7.35. The Morgan fingerprint density at radius 2 is 1.44 bits per heavy atom. The van der Waals surface area contributed by atoms with Gasteiger partial charge in [0.05, 0.1) is 11.9 Å². The molecule has 146 valence electrons. The van der Waals surface area contributed by atoms with Crippen LogP contribution in [0.25, 0.3) is 0 Å². The summed E-state index contributed by atoms with van der Waals surface area (Å²) in [5.74, 6) is -0.299. The molecular weight excluding hydrogens is 367 g/mol. The maximum atomic E-state index is 12.9. The number of halogens is 1. The number of anilines is 2. The van der Waals surface area contributed by atoms with Crippen molar-refractivity contribution in [1.82, 2.24) is 4.31 Å². The Morgan fingerprint density at radius 3 is 1.96 bits per heavy atom. The molecule has 8 heteroatoms. The molecule has 2 aromatic rings. The van der Waals surface area contributed by atoms with Crippen molar-refractivity contribution in [2.45, 2.75) is 39.8 Å². The first-order valence-corrected chi connectivity index (χ1v) is 10.1. The van der Waals surface area contributed by atoms with Gasteiger partial charge in [0.2, 0.25) is 0 Å². The second kappa shape index (κ2) is 8.96. The van der Waals surface area contributed by atoms with Gasteiger partial charge in [-0.2, -0.15) is 17.8 Å². The van der Waals surface area contributed by atoms with Gasteiger partial charge in [-0.05, 0) is 69.7 Å². The van der Waals surface area contributed by atoms with Crippen LogP contribution in [0.15, 0.2) is 53.6 Å². The fourth-order valence-electron chi connectivity index (χ4n) is 2.70. The lowest BCUT2D eigenvalue weighted by molar-refractivity contribution is 0.304. The van der Waals surface area contributed by atoms with Gasteiger partial charge in [-0.1, -0.05) is 12.1 Å². The SMILES string of the molecule is CC(C)N(C(C)C)S(=O)(=O)Nc1ccc(N/N=C/c2ccc(F)cc2)cc1. The van der Waals surface area contributed by atoms with Gasteiger partial charge in [-0.25, -0.2) is 4.39 Å². The molecule has 0 aliphatic rings. The molecule has 0 aliphatic carbocycles. The fraction of sp³-hybridized carbons (Fsp3) is 0.316. The van der Waals surface area contributed by atoms with Crippen LogP contribution in [0.2, 0.25) is 0 Å². The summed E-state index contributed by atoms with van der Waals surface area (Å²) in [7, 11) is -3.64. The minimum absolute atomic E-state index is 0.149. The van der Waals surface area contributed by atoms with Gasteiger partial charge in [0.15, 0.2) is 0 Å². The number of nitrogens with zero attached hydrogens (tertiary/aromatic N) is 2. The van der Waals surface area contributed by atoms with E-state index in [2.05, 4.69) is 15.2 Å². The Balaban J connectivity index is 2.01. The zero-order chi connectivity index (χ0) is 20.0. The third-order valence-electron chi connectivity index (χ3n) is 3.70. The van der Waals surface area contributed by atoms with E-state index < -0.39 is 10.2 Å². The summed E-state index contributed by atoms with van der Waals surface area (Å²) < 4.78 is 42.0. The topological polar surface area (TPSA) is 73.8 Å². The first kappa shape index (κ1) is 20.9. The molecule has 2 N–H and O–H groups in total. The molecule has 2 rings (SSSR count). The summed E-state index contributed by atoms with van der Waals surface area (Å²) in [4.78, 5) is 0. The van der Waals surface area contributed by atoms with Gasteiger partial charge in [-0.3, -0.25) is 10.1 Å². The van der Waals surface area contributed by atoms with Crippen LogP contribution in [0.3, 0.4) is 0 Å². The van der Waals surface area contributed by atoms with Crippen LogP contribution in [-0.2, 0) is 10.2 Å². The van der Waals surface area contributed by atoms with Crippen molar-refractivity contribution < 1.29 is 12.8 Å². The minimum atomic E-state index is -3.64. The maximum absolute atomic E-state index is 12.9. The number of hydrogen-bond donors (Lipinski definition) is 2. The predicted octanol–water partition coefficient (Wildman–Crippen LogP) is 4.05. The molecule has 0 atom stereocenters. The smallest absolute Gasteiger partial charge is 0.279 e. The minimum Gasteiger partial charge on any atom is -0.279 e. The number of hydrazone groups is 1. The fourth-order valence-corrected chi connectivity index (χ4v) is 4.35. The van der Waals surface area contributed by atoms with Gasteiger partial charge < -0.3 is 0 Å². The van der Waals surface area contributed by atoms with E-state index in [9.17, 15) is 12.8 Å². The summed E-state index contributed by atoms with van der Waals surface area (Å²) in [6, 6.07) is 12.4. The van der Waals surface area contributed by atoms with Crippen LogP contribution in [-0.4, -0.2) is 31.0 Å². The van der Waals surface area contributed by atoms with E-state index in [0.29, 0.717) is 11.4 Å². The van der Waals surface area contributed by atoms with Crippen LogP contribution < -0.4 is 10.1 Å². The number of benzene rings is 2. The molecule has 0 fully saturated rings. The van der Waals surface area contributed by atoms with E-state index in [0.717, 1.165) is 5.56 Å². The monoisotopic (exact) mass is 392 g/mol. The largest absolute Gasteiger partial charge is 0.302 e. The van der Waals surface area contributed by atoms with Crippen molar-refractivity contribution in [2.24, 2.45) is 5.10 Å². The first-order chi connectivity index (χ1) is 12.7. The highest BCUT2D eigenvalue weighted by atomic mass is 32.2. The van der Waals surface area contributed by atoms with E-state index >= 15 is 0 Å². The van der Waals surface area contributed by atoms with Crippen LogP contribution >= 0.6 is 0 Å². The molecule has 0 heterocycles. The standard InChI is InChI=1S/C19H25FN4O2S/c1-14(2)24(15(3)4)27(25,26)23-19-11-9-18(10-12-19)22-21-13-16-5-7-17(20)8-6-16/h5-15,22-23H,1-4H3/b21-13+. The van der Waals surface area contributed by atoms with Crippen molar-refractivity contribution in [3.63, 3.8) is 0 Å². The third-order valence-corrected chi connectivity index (χ3v) is 5.60. The Labute approximate surface area is 160 Å². The van der Waals surface area contributed by atoms with E-state index in [4.69, 9.17) is 0 Å². The van der Waals surface area contributed by atoms with Crippen molar-refractivity contribution in [3.8, 4) is 0 Å². The second-order valence-electron chi connectivity index (χ2n) is 6.62. The molecule has 2 aromatic carbocycles. The quantitative estimate of drug-likeness (QED) is 0.526. The molecule has 0 unspecified atom stereocenters. The lowest BCUT2D eigenvalue weighted by Gasteiger charge is -2.29. The lowest BCUT2D eigenvalue weighted by Crippen LogP contribution is -2.45. The lowest BCUT2D eigenvalue weighted by atomic mass is 10.2. The first-order valence-electron chi connectivity index (χ1n) is 8.65. The Kier molecular flexibility index (Phi) is 6.92. The molecule has 0 bridgehead atoms. The van der Waals surface area contributed by atoms with Gasteiger partial charge in [0.25, 0.3) is 0 Å². The molecule has 0 spiro atoms. The molecule has 6 nitrogen and oxygen atoms in total. The second-order valence-corrected chi connectivity index (χ2v) is 8.20. The van der Waals surface area contributed by atoms with E-state index in [1.54, 1.807) is 42.6 Å². The molecule has 0 aliphatic heterocycles. The molecule has 0 amide bonds. The van der Waals surface area contributed by atoms with Gasteiger partial charge in [-0.15, -0.1) is 0 Å². The Hall–Kier alpha value is -2.45. The zero-order valence-electron chi connectivity index (χ0n) is 15.8. The highest BCUT2D eigenvalue weighted by molar-refractivity contribution is 7.90. The van der Waals surface area contributed by atoms with Gasteiger partial charge >= 0.3 is 10.2 Å². The van der Waals surface area contributed by atoms with Gasteiger partial charge in [0.1, 0.15) is 5.82 Å². The molecule has 0 radical (unpaired) electrons. The molecule has 0 saturated carbocycles. The number of hydrogen-bond acceptors (Lipinski definition) is 4. The predicted molar refractivity (Wildman–Crippen MR) is 109 cm³/mol. The van der Waals surface area contributed by atoms with E-state index in [1.165, 1.54) is 16.4 Å². The van der Waals surface area contributed by atoms with E-state index in [1.807, 2.05) is 27.7 Å². The average molecular weight is 393 g/mol. The van der Waals surface area contributed by atoms with Crippen molar-refractivity contribution in [1.29, 1.82) is 0 Å². The molecular formula is C19H25FN4O2S. The Bertz CT molecular complexity index is 856. The maximum Gasteiger partial charge on any atom is 0.302 e. The summed E-state index contributed by atoms with van der Waals surface area (Å²) >= 11 is 0. The van der Waals surface area contributed by atoms with Crippen LogP contribution in [0.4, 0.5) is 15.8 Å². The Morgan fingerprint density at radius 1 is 0.926 bits per heavy atom. The van der Waals surface area contributed by atoms with Crippen molar-refractivity contribution >= 4 is 27.8 Å². The van der Waals surface area contributed by atoms with Crippen molar-refractivity contribution in [2.75, 3.05) is 10.1 Å². The molecule has 27 heavy (non-hydrogen) atoms. The normalized spacial score (nSPS) is 12.3. The molecule has 0 saturated heterocycles. The van der Waals surface area contributed by atoms with Crippen molar-refractivity contribution in [3.05, 3.63) is 59.9 Å². The third kappa shape index (κ3) is 6.04. The average Bonchev–Trinajstić information content (AvgIpc) is 2.57. The molecule has 0 aromatic heterocycles.